The van der Waals surface area contributed by atoms with E-state index < -0.39 is 23.8 Å². The molecule has 1 N–H and O–H groups in total. The molecule has 1 unspecified atom stereocenters. The van der Waals surface area contributed by atoms with Gasteiger partial charge in [-0.2, -0.15) is 5.26 Å². The number of carbonyl (C=O) groups is 4. The molecule has 4 amide bonds. The molecule has 7 heterocycles. The van der Waals surface area contributed by atoms with Crippen molar-refractivity contribution in [2.45, 2.75) is 76.0 Å². The minimum absolute atomic E-state index is 0.0964. The fraction of sp³-hybridized carbons (Fsp3) is 0.500. The minimum atomic E-state index is -0.968. The summed E-state index contributed by atoms with van der Waals surface area (Å²) in [5.41, 5.74) is 3.35. The van der Waals surface area contributed by atoms with Gasteiger partial charge >= 0.3 is 0 Å². The van der Waals surface area contributed by atoms with Crippen molar-refractivity contribution in [3.8, 4) is 6.07 Å². The Labute approximate surface area is 337 Å². The van der Waals surface area contributed by atoms with Gasteiger partial charge in [-0.1, -0.05) is 11.6 Å². The minimum Gasteiger partial charge on any atom is -0.368 e. The van der Waals surface area contributed by atoms with E-state index in [9.17, 15) is 24.4 Å². The van der Waals surface area contributed by atoms with Crippen LogP contribution in [0.3, 0.4) is 0 Å². The predicted octanol–water partition coefficient (Wildman–Crippen LogP) is 4.08. The molecule has 2 atom stereocenters. The second-order valence-corrected chi connectivity index (χ2v) is 17.2. The highest BCUT2D eigenvalue weighted by atomic mass is 35.5. The molecule has 5 fully saturated rings. The number of amides is 4. The van der Waals surface area contributed by atoms with Crippen LogP contribution in [-0.4, -0.2) is 121 Å². The largest absolute Gasteiger partial charge is 0.368 e. The second kappa shape index (κ2) is 14.6. The van der Waals surface area contributed by atoms with Gasteiger partial charge in [0.25, 0.3) is 11.8 Å². The zero-order valence-corrected chi connectivity index (χ0v) is 33.1. The number of hydrogen-bond acceptors (Lipinski definition) is 12. The van der Waals surface area contributed by atoms with Crippen LogP contribution in [0, 0.1) is 16.7 Å². The molecule has 6 aliphatic rings. The number of hydrogen-bond donors (Lipinski definition) is 1. The lowest BCUT2D eigenvalue weighted by atomic mass is 9.77. The van der Waals surface area contributed by atoms with Crippen molar-refractivity contribution in [2.75, 3.05) is 72.5 Å². The van der Waals surface area contributed by atoms with E-state index in [-0.39, 0.29) is 24.2 Å². The summed E-state index contributed by atoms with van der Waals surface area (Å²) in [5.74, 6) is -0.0983. The lowest BCUT2D eigenvalue weighted by Crippen LogP contribution is -2.61. The normalized spacial score (nSPS) is 24.0. The molecule has 5 saturated heterocycles. The van der Waals surface area contributed by atoms with Crippen LogP contribution in [0.4, 0.5) is 23.0 Å². The highest BCUT2D eigenvalue weighted by Crippen LogP contribution is 2.46. The SMILES string of the molecule is C[C@H]1CC2(CCN(c3ccc(N4CCC(N(C)C5CN(c6ccc7c(c6)C(=O)N(C6CCC(=O)NC6=O)C7=O)C5)CC4)nn3)CC2)CN1c1ccc(C#N)c(Cl)c1. The van der Waals surface area contributed by atoms with Crippen molar-refractivity contribution in [2.24, 2.45) is 5.41 Å². The van der Waals surface area contributed by atoms with Gasteiger partial charge in [0.05, 0.1) is 21.7 Å². The number of halogens is 1. The summed E-state index contributed by atoms with van der Waals surface area (Å²) in [4.78, 5) is 63.4. The Bertz CT molecular complexity index is 2150. The molecular weight excluding hydrogens is 744 g/mol. The predicted molar refractivity (Wildman–Crippen MR) is 216 cm³/mol. The molecule has 2 aromatic carbocycles. The maximum absolute atomic E-state index is 13.3. The zero-order valence-electron chi connectivity index (χ0n) is 32.4. The van der Waals surface area contributed by atoms with E-state index in [0.717, 1.165) is 106 Å². The Hall–Kier alpha value is -5.26. The Morgan fingerprint density at radius 2 is 1.49 bits per heavy atom. The smallest absolute Gasteiger partial charge is 0.262 e. The standard InChI is InChI=1S/C42H47ClN10O4/c1-26-21-42(25-52(26)30-4-3-27(22-44)34(43)20-30)13-17-50(18-14-42)37-9-8-36(46-47-37)49-15-11-28(12-16-49)48(2)31-23-51(24-31)29-5-6-32-33(19-29)41(57)53(40(32)56)35-7-10-38(54)45-39(35)55/h3-6,8-9,19-20,26,28,31,35H,7,10-18,21,23-25H2,1-2H3,(H,45,54,55)/t26-,35?/m0/s1. The number of nitriles is 1. The van der Waals surface area contributed by atoms with Crippen LogP contribution in [0.2, 0.25) is 5.02 Å². The highest BCUT2D eigenvalue weighted by Gasteiger charge is 2.46. The summed E-state index contributed by atoms with van der Waals surface area (Å²) in [6.07, 6.45) is 5.63. The number of nitrogens with zero attached hydrogens (tertiary/aromatic N) is 9. The number of likely N-dealkylation sites (N-methyl/N-ethyl adjacent to an activating group) is 1. The fourth-order valence-corrected chi connectivity index (χ4v) is 10.3. The molecule has 0 bridgehead atoms. The molecule has 15 heteroatoms. The number of anilines is 4. The van der Waals surface area contributed by atoms with Gasteiger partial charge in [0.1, 0.15) is 12.1 Å². The van der Waals surface area contributed by atoms with Gasteiger partial charge in [-0.05, 0) is 106 Å². The summed E-state index contributed by atoms with van der Waals surface area (Å²) >= 11 is 6.38. The van der Waals surface area contributed by atoms with Crippen LogP contribution in [0.1, 0.15) is 78.1 Å². The van der Waals surface area contributed by atoms with Crippen LogP contribution in [-0.2, 0) is 9.59 Å². The van der Waals surface area contributed by atoms with Gasteiger partial charge in [0, 0.05) is 81.7 Å². The van der Waals surface area contributed by atoms with Gasteiger partial charge in [-0.25, -0.2) is 0 Å². The molecular formula is C42H47ClN10O4. The zero-order chi connectivity index (χ0) is 39.6. The summed E-state index contributed by atoms with van der Waals surface area (Å²) in [7, 11) is 2.20. The number of benzene rings is 2. The number of piperidine rings is 3. The second-order valence-electron chi connectivity index (χ2n) is 16.8. The number of carbonyl (C=O) groups excluding carboxylic acids is 4. The van der Waals surface area contributed by atoms with Gasteiger partial charge in [-0.15, -0.1) is 10.2 Å². The fourth-order valence-electron chi connectivity index (χ4n) is 10.0. The molecule has 0 saturated carbocycles. The first-order valence-electron chi connectivity index (χ1n) is 20.1. The summed E-state index contributed by atoms with van der Waals surface area (Å²) in [5, 5.41) is 21.4. The monoisotopic (exact) mass is 790 g/mol. The van der Waals surface area contributed by atoms with Gasteiger partial charge in [0.15, 0.2) is 11.6 Å². The van der Waals surface area contributed by atoms with Crippen molar-refractivity contribution in [1.29, 1.82) is 5.26 Å². The lowest BCUT2D eigenvalue weighted by molar-refractivity contribution is -0.136. The first-order valence-corrected chi connectivity index (χ1v) is 20.5. The summed E-state index contributed by atoms with van der Waals surface area (Å²) in [6, 6.07) is 17.8. The number of aromatic nitrogens is 2. The van der Waals surface area contributed by atoms with E-state index in [1.807, 2.05) is 24.3 Å². The molecule has 6 aliphatic heterocycles. The van der Waals surface area contributed by atoms with E-state index in [0.29, 0.717) is 39.8 Å². The maximum Gasteiger partial charge on any atom is 0.262 e. The first-order chi connectivity index (χ1) is 27.5. The average molecular weight is 791 g/mol. The molecule has 14 nitrogen and oxygen atoms in total. The van der Waals surface area contributed by atoms with E-state index >= 15 is 0 Å². The number of imide groups is 2. The number of rotatable bonds is 7. The van der Waals surface area contributed by atoms with Crippen LogP contribution in [0.25, 0.3) is 0 Å². The lowest BCUT2D eigenvalue weighted by Gasteiger charge is -2.49. The van der Waals surface area contributed by atoms with Crippen LogP contribution < -0.4 is 24.9 Å². The Morgan fingerprint density at radius 1 is 0.825 bits per heavy atom. The maximum atomic E-state index is 13.3. The van der Waals surface area contributed by atoms with Crippen LogP contribution in [0.5, 0.6) is 0 Å². The first kappa shape index (κ1) is 37.3. The average Bonchev–Trinajstić information content (AvgIpc) is 3.65. The van der Waals surface area contributed by atoms with Crippen molar-refractivity contribution in [1.82, 2.24) is 25.3 Å². The Balaban J connectivity index is 0.739. The third-order valence-corrected chi connectivity index (χ3v) is 13.9. The molecule has 3 aromatic rings. The van der Waals surface area contributed by atoms with Crippen molar-refractivity contribution >= 4 is 58.2 Å². The van der Waals surface area contributed by atoms with E-state index in [1.165, 1.54) is 0 Å². The highest BCUT2D eigenvalue weighted by molar-refractivity contribution is 6.32. The molecule has 1 spiro atoms. The van der Waals surface area contributed by atoms with E-state index in [4.69, 9.17) is 21.8 Å². The van der Waals surface area contributed by atoms with Gasteiger partial charge < -0.3 is 19.6 Å². The number of nitrogens with one attached hydrogen (secondary N) is 1. The summed E-state index contributed by atoms with van der Waals surface area (Å²) < 4.78 is 0. The molecule has 0 aliphatic carbocycles. The third kappa shape index (κ3) is 6.74. The molecule has 296 valence electrons. The Kier molecular flexibility index (Phi) is 9.56. The Morgan fingerprint density at radius 3 is 2.14 bits per heavy atom. The van der Waals surface area contributed by atoms with Crippen molar-refractivity contribution < 1.29 is 19.2 Å². The van der Waals surface area contributed by atoms with Crippen molar-refractivity contribution in [3.63, 3.8) is 0 Å². The third-order valence-electron chi connectivity index (χ3n) is 13.5. The van der Waals surface area contributed by atoms with Crippen LogP contribution in [0.15, 0.2) is 48.5 Å². The van der Waals surface area contributed by atoms with Gasteiger partial charge in [-0.3, -0.25) is 34.3 Å². The van der Waals surface area contributed by atoms with E-state index in [1.54, 1.807) is 12.1 Å². The quantitative estimate of drug-likeness (QED) is 0.344. The number of fused-ring (bicyclic) bond motifs is 1. The van der Waals surface area contributed by atoms with Gasteiger partial charge in [0.2, 0.25) is 11.8 Å². The topological polar surface area (TPSA) is 149 Å². The van der Waals surface area contributed by atoms with Crippen LogP contribution >= 0.6 is 11.6 Å². The summed E-state index contributed by atoms with van der Waals surface area (Å²) in [6.45, 7) is 8.65. The molecule has 57 heavy (non-hydrogen) atoms. The van der Waals surface area contributed by atoms with E-state index in [2.05, 4.69) is 62.0 Å². The molecule has 1 aromatic heterocycles. The van der Waals surface area contributed by atoms with Crippen molar-refractivity contribution in [3.05, 3.63) is 70.2 Å². The molecule has 0 radical (unpaired) electrons. The molecule has 9 rings (SSSR count).